The number of anilines is 1. The monoisotopic (exact) mass is 741 g/mol. The smallest absolute Gasteiger partial charge is 0.347 e. The molecule has 1 fully saturated rings. The number of fused-ring (bicyclic) bond motifs is 3. The van der Waals surface area contributed by atoms with Crippen LogP contribution in [0.25, 0.3) is 43.9 Å². The lowest BCUT2D eigenvalue weighted by Crippen LogP contribution is -2.30. The molecular formula is C44H37Cl2N3O4. The van der Waals surface area contributed by atoms with Gasteiger partial charge in [-0.05, 0) is 88.8 Å². The van der Waals surface area contributed by atoms with Crippen LogP contribution < -0.4 is 16.3 Å². The number of nitrogens with one attached hydrogen (secondary N) is 2. The van der Waals surface area contributed by atoms with Crippen molar-refractivity contribution in [1.29, 1.82) is 0 Å². The molecule has 0 bridgehead atoms. The summed E-state index contributed by atoms with van der Waals surface area (Å²) in [5.74, 6) is 0.368. The van der Waals surface area contributed by atoms with Crippen molar-refractivity contribution in [1.82, 2.24) is 10.3 Å². The van der Waals surface area contributed by atoms with E-state index in [0.717, 1.165) is 39.9 Å². The summed E-state index contributed by atoms with van der Waals surface area (Å²) in [6, 6.07) is 37.1. The lowest BCUT2D eigenvalue weighted by molar-refractivity contribution is 0.0946. The number of hydrogen-bond acceptors (Lipinski definition) is 5. The number of carbonyl (C=O) groups is 2. The van der Waals surface area contributed by atoms with Crippen LogP contribution in [0.5, 0.6) is 0 Å². The minimum absolute atomic E-state index is 0.208. The van der Waals surface area contributed by atoms with Gasteiger partial charge in [-0.3, -0.25) is 9.59 Å². The first-order chi connectivity index (χ1) is 25.8. The van der Waals surface area contributed by atoms with Gasteiger partial charge in [0.1, 0.15) is 0 Å². The third kappa shape index (κ3) is 8.43. The van der Waals surface area contributed by atoms with Crippen LogP contribution in [0.4, 0.5) is 5.69 Å². The van der Waals surface area contributed by atoms with Gasteiger partial charge >= 0.3 is 5.63 Å². The molecule has 2 amide bonds. The highest BCUT2D eigenvalue weighted by Gasteiger charge is 2.19. The fourth-order valence-corrected chi connectivity index (χ4v) is 7.24. The zero-order valence-corrected chi connectivity index (χ0v) is 30.4. The molecule has 1 aliphatic carbocycles. The molecular weight excluding hydrogens is 705 g/mol. The van der Waals surface area contributed by atoms with E-state index in [4.69, 9.17) is 27.6 Å². The Labute approximate surface area is 317 Å². The molecule has 1 heterocycles. The largest absolute Gasteiger partial charge is 0.403 e. The minimum Gasteiger partial charge on any atom is -0.403 e. The normalized spacial score (nSPS) is 13.2. The van der Waals surface area contributed by atoms with E-state index in [1.165, 1.54) is 25.7 Å². The maximum Gasteiger partial charge on any atom is 0.347 e. The third-order valence-corrected chi connectivity index (χ3v) is 10.1. The van der Waals surface area contributed by atoms with Crippen molar-refractivity contribution >= 4 is 73.2 Å². The highest BCUT2D eigenvalue weighted by atomic mass is 35.5. The molecule has 0 radical (unpaired) electrons. The predicted octanol–water partition coefficient (Wildman–Crippen LogP) is 11.1. The van der Waals surface area contributed by atoms with E-state index in [1.807, 2.05) is 78.9 Å². The van der Waals surface area contributed by atoms with E-state index in [2.05, 4.69) is 15.6 Å². The Kier molecular flexibility index (Phi) is 11.1. The number of halogens is 2. The quantitative estimate of drug-likeness (QED) is 0.165. The second-order valence-electron chi connectivity index (χ2n) is 13.2. The SMILES string of the molecule is O=C(NCC1CCCCCC1)c1cc(Cl)ccc1NC(=O)c1cccc2ccccc12.O=c1oc(-c2cccc3ccccc23)nc2ccc(Cl)cc12. The van der Waals surface area contributed by atoms with Gasteiger partial charge in [0.15, 0.2) is 0 Å². The predicted molar refractivity (Wildman–Crippen MR) is 215 cm³/mol. The van der Waals surface area contributed by atoms with Crippen LogP contribution in [0.15, 0.2) is 131 Å². The molecule has 7 nitrogen and oxygen atoms in total. The number of rotatable bonds is 6. The molecule has 2 N–H and O–H groups in total. The molecule has 0 aliphatic heterocycles. The standard InChI is InChI=1S/C26H27ClN2O2.C18H10ClNO2/c27-20-14-15-24(23(16-20)25(30)28-17-18-8-3-1-2-4-9-18)29-26(31)22-13-7-11-19-10-5-6-12-21(19)22;19-12-8-9-16-15(10-12)18(21)22-17(20-16)14-7-3-5-11-4-1-2-6-13(11)14/h5-7,10-16,18H,1-4,8-9,17H2,(H,28,30)(H,29,31);1-10H. The van der Waals surface area contributed by atoms with E-state index in [9.17, 15) is 14.4 Å². The van der Waals surface area contributed by atoms with Crippen LogP contribution in [-0.2, 0) is 0 Å². The number of benzene rings is 6. The van der Waals surface area contributed by atoms with Gasteiger partial charge in [0, 0.05) is 27.7 Å². The molecule has 8 rings (SSSR count). The molecule has 7 aromatic rings. The van der Waals surface area contributed by atoms with Crippen LogP contribution in [0.1, 0.15) is 59.2 Å². The zero-order valence-electron chi connectivity index (χ0n) is 28.9. The molecule has 266 valence electrons. The third-order valence-electron chi connectivity index (χ3n) is 9.64. The summed E-state index contributed by atoms with van der Waals surface area (Å²) in [5, 5.41) is 11.2. The van der Waals surface area contributed by atoms with Gasteiger partial charge in [-0.25, -0.2) is 9.78 Å². The molecule has 6 aromatic carbocycles. The number of amides is 2. The summed E-state index contributed by atoms with van der Waals surface area (Å²) in [7, 11) is 0. The average molecular weight is 743 g/mol. The highest BCUT2D eigenvalue weighted by Crippen LogP contribution is 2.29. The summed E-state index contributed by atoms with van der Waals surface area (Å²) >= 11 is 12.1. The average Bonchev–Trinajstić information content (AvgIpc) is 3.46. The molecule has 53 heavy (non-hydrogen) atoms. The summed E-state index contributed by atoms with van der Waals surface area (Å²) < 4.78 is 5.41. The highest BCUT2D eigenvalue weighted by molar-refractivity contribution is 6.31. The van der Waals surface area contributed by atoms with Crippen LogP contribution in [0, 0.1) is 5.92 Å². The van der Waals surface area contributed by atoms with Gasteiger partial charge in [-0.1, -0.05) is 122 Å². The topological polar surface area (TPSA) is 101 Å². The van der Waals surface area contributed by atoms with Crippen LogP contribution in [0.2, 0.25) is 10.0 Å². The van der Waals surface area contributed by atoms with Crippen molar-refractivity contribution in [3.05, 3.63) is 153 Å². The molecule has 0 spiro atoms. The van der Waals surface area contributed by atoms with Crippen molar-refractivity contribution < 1.29 is 14.0 Å². The van der Waals surface area contributed by atoms with Crippen molar-refractivity contribution in [2.24, 2.45) is 5.92 Å². The number of hydrogen-bond donors (Lipinski definition) is 2. The van der Waals surface area contributed by atoms with Crippen LogP contribution in [-0.4, -0.2) is 23.3 Å². The Bertz CT molecular complexity index is 2500. The van der Waals surface area contributed by atoms with Gasteiger partial charge < -0.3 is 15.1 Å². The number of nitrogens with zero attached hydrogens (tertiary/aromatic N) is 1. The Balaban J connectivity index is 0.000000173. The van der Waals surface area contributed by atoms with Gasteiger partial charge in [-0.2, -0.15) is 0 Å². The first-order valence-electron chi connectivity index (χ1n) is 17.8. The summed E-state index contributed by atoms with van der Waals surface area (Å²) in [5.41, 5.74) is 2.35. The molecule has 0 saturated heterocycles. The molecule has 1 aromatic heterocycles. The maximum absolute atomic E-state index is 13.1. The number of aromatic nitrogens is 1. The lowest BCUT2D eigenvalue weighted by Gasteiger charge is -2.17. The summed E-state index contributed by atoms with van der Waals surface area (Å²) in [6.07, 6.45) is 7.32. The van der Waals surface area contributed by atoms with Crippen LogP contribution >= 0.6 is 23.2 Å². The molecule has 1 aliphatic rings. The molecule has 0 unspecified atom stereocenters. The van der Waals surface area contributed by atoms with Gasteiger partial charge in [0.05, 0.1) is 22.2 Å². The van der Waals surface area contributed by atoms with E-state index in [-0.39, 0.29) is 11.8 Å². The Morgan fingerprint density at radius 2 is 1.30 bits per heavy atom. The van der Waals surface area contributed by atoms with Crippen molar-refractivity contribution in [2.45, 2.75) is 38.5 Å². The fraction of sp³-hybridized carbons (Fsp3) is 0.182. The number of carbonyl (C=O) groups excluding carboxylic acids is 2. The van der Waals surface area contributed by atoms with Crippen LogP contribution in [0.3, 0.4) is 0 Å². The Morgan fingerprint density at radius 3 is 2.08 bits per heavy atom. The van der Waals surface area contributed by atoms with E-state index >= 15 is 0 Å². The first kappa shape index (κ1) is 35.9. The Hall–Kier alpha value is -5.50. The summed E-state index contributed by atoms with van der Waals surface area (Å²) in [4.78, 5) is 42.7. The van der Waals surface area contributed by atoms with E-state index in [1.54, 1.807) is 42.5 Å². The lowest BCUT2D eigenvalue weighted by atomic mass is 10.0. The maximum atomic E-state index is 13.1. The van der Waals surface area contributed by atoms with Crippen molar-refractivity contribution in [2.75, 3.05) is 11.9 Å². The zero-order chi connectivity index (χ0) is 36.7. The first-order valence-corrected chi connectivity index (χ1v) is 18.5. The molecule has 9 heteroatoms. The van der Waals surface area contributed by atoms with Crippen molar-refractivity contribution in [3.63, 3.8) is 0 Å². The molecule has 1 saturated carbocycles. The van der Waals surface area contributed by atoms with Gasteiger partial charge in [-0.15, -0.1) is 0 Å². The second kappa shape index (κ2) is 16.4. The van der Waals surface area contributed by atoms with Gasteiger partial charge in [0.2, 0.25) is 5.89 Å². The minimum atomic E-state index is -0.435. The summed E-state index contributed by atoms with van der Waals surface area (Å²) in [6.45, 7) is 0.655. The Morgan fingerprint density at radius 1 is 0.660 bits per heavy atom. The van der Waals surface area contributed by atoms with Gasteiger partial charge in [0.25, 0.3) is 11.8 Å². The molecule has 0 atom stereocenters. The van der Waals surface area contributed by atoms with E-state index < -0.39 is 5.63 Å². The second-order valence-corrected chi connectivity index (χ2v) is 14.1. The fourth-order valence-electron chi connectivity index (χ4n) is 6.90. The van der Waals surface area contributed by atoms with E-state index in [0.29, 0.717) is 56.1 Å². The van der Waals surface area contributed by atoms with Crippen molar-refractivity contribution in [3.8, 4) is 11.5 Å².